The Hall–Kier alpha value is -1.76. The summed E-state index contributed by atoms with van der Waals surface area (Å²) >= 11 is 1.45. The van der Waals surface area contributed by atoms with E-state index in [1.165, 1.54) is 24.6 Å². The van der Waals surface area contributed by atoms with E-state index in [-0.39, 0.29) is 0 Å². The Kier molecular flexibility index (Phi) is 3.77. The van der Waals surface area contributed by atoms with Crippen LogP contribution < -0.4 is 0 Å². The second-order valence-corrected chi connectivity index (χ2v) is 5.91. The number of carbonyl (C=O) groups excluding carboxylic acids is 1. The topological polar surface area (TPSA) is 73.6 Å². The van der Waals surface area contributed by atoms with Gasteiger partial charge in [-0.25, -0.2) is 9.67 Å². The maximum atomic E-state index is 10.7. The quantitative estimate of drug-likeness (QED) is 0.805. The summed E-state index contributed by atoms with van der Waals surface area (Å²) in [6.07, 6.45) is 7.12. The summed E-state index contributed by atoms with van der Waals surface area (Å²) in [6, 6.07) is 2.23. The predicted molar refractivity (Wildman–Crippen MR) is 73.8 cm³/mol. The Balaban J connectivity index is 1.84. The van der Waals surface area contributed by atoms with Crippen LogP contribution in [-0.4, -0.2) is 31.5 Å². The van der Waals surface area contributed by atoms with E-state index in [4.69, 9.17) is 0 Å². The van der Waals surface area contributed by atoms with Crippen LogP contribution in [0.5, 0.6) is 0 Å². The summed E-state index contributed by atoms with van der Waals surface area (Å²) in [4.78, 5) is 15.0. The Labute approximate surface area is 121 Å². The number of tetrazole rings is 1. The number of hydrogen-bond donors (Lipinski definition) is 0. The van der Waals surface area contributed by atoms with E-state index in [1.807, 2.05) is 17.7 Å². The number of hydrogen-bond acceptors (Lipinski definition) is 6. The van der Waals surface area contributed by atoms with Gasteiger partial charge in [0, 0.05) is 11.8 Å². The first kappa shape index (κ1) is 13.2. The lowest BCUT2D eigenvalue weighted by atomic mass is 10.2. The second kappa shape index (κ2) is 5.70. The summed E-state index contributed by atoms with van der Waals surface area (Å²) in [5, 5.41) is 13.6. The smallest absolute Gasteiger partial charge is 0.215 e. The molecule has 3 rings (SSSR count). The minimum atomic E-state index is 0.405. The molecule has 104 valence electrons. The van der Waals surface area contributed by atoms with E-state index < -0.39 is 0 Å². The molecule has 0 aromatic carbocycles. The van der Waals surface area contributed by atoms with Crippen LogP contribution in [0.4, 0.5) is 0 Å². The molecule has 0 N–H and O–H groups in total. The molecule has 2 heterocycles. The molecule has 0 bridgehead atoms. The zero-order chi connectivity index (χ0) is 13.9. The lowest BCUT2D eigenvalue weighted by Crippen LogP contribution is -2.08. The van der Waals surface area contributed by atoms with Crippen molar-refractivity contribution in [2.45, 2.75) is 48.8 Å². The molecule has 0 atom stereocenters. The molecule has 1 aliphatic rings. The molecule has 0 aliphatic heterocycles. The number of aldehydes is 1. The van der Waals surface area contributed by atoms with Crippen LogP contribution >= 0.6 is 11.8 Å². The molecule has 2 aromatic rings. The van der Waals surface area contributed by atoms with Crippen LogP contribution in [0.3, 0.4) is 0 Å². The van der Waals surface area contributed by atoms with Gasteiger partial charge in [0.25, 0.3) is 0 Å². The van der Waals surface area contributed by atoms with Gasteiger partial charge in [-0.05, 0) is 53.6 Å². The molecule has 0 unspecified atom stereocenters. The van der Waals surface area contributed by atoms with E-state index in [2.05, 4.69) is 20.5 Å². The van der Waals surface area contributed by atoms with Gasteiger partial charge in [0.1, 0.15) is 5.03 Å². The third kappa shape index (κ3) is 2.58. The molecule has 6 nitrogen and oxygen atoms in total. The van der Waals surface area contributed by atoms with E-state index in [1.54, 1.807) is 6.20 Å². The molecule has 1 fully saturated rings. The van der Waals surface area contributed by atoms with Crippen molar-refractivity contribution in [2.75, 3.05) is 0 Å². The van der Waals surface area contributed by atoms with Gasteiger partial charge in [-0.15, -0.1) is 5.10 Å². The van der Waals surface area contributed by atoms with Gasteiger partial charge in [0.05, 0.1) is 6.04 Å². The molecule has 1 saturated carbocycles. The van der Waals surface area contributed by atoms with E-state index in [9.17, 15) is 4.79 Å². The molecule has 0 spiro atoms. The molecule has 0 radical (unpaired) electrons. The standard InChI is InChI=1S/C13H15N5OS/c1-9-6-10(8-19)7-14-12(9)20-13-15-16-17-18(13)11-4-2-3-5-11/h6-8,11H,2-5H2,1H3. The molecule has 0 amide bonds. The summed E-state index contributed by atoms with van der Waals surface area (Å²) in [6.45, 7) is 1.94. The lowest BCUT2D eigenvalue weighted by Gasteiger charge is -2.11. The number of pyridine rings is 1. The fourth-order valence-corrected chi connectivity index (χ4v) is 3.33. The van der Waals surface area contributed by atoms with Crippen LogP contribution in [-0.2, 0) is 0 Å². The van der Waals surface area contributed by atoms with Crippen LogP contribution in [0.1, 0.15) is 47.6 Å². The normalized spacial score (nSPS) is 15.7. The zero-order valence-electron chi connectivity index (χ0n) is 11.2. The lowest BCUT2D eigenvalue weighted by molar-refractivity contribution is 0.112. The van der Waals surface area contributed by atoms with Crippen LogP contribution in [0.15, 0.2) is 22.4 Å². The summed E-state index contributed by atoms with van der Waals surface area (Å²) in [5.74, 6) is 0. The number of aryl methyl sites for hydroxylation is 1. The Morgan fingerprint density at radius 1 is 1.40 bits per heavy atom. The van der Waals surface area contributed by atoms with Crippen molar-refractivity contribution in [3.63, 3.8) is 0 Å². The van der Waals surface area contributed by atoms with Gasteiger partial charge in [0.15, 0.2) is 6.29 Å². The zero-order valence-corrected chi connectivity index (χ0v) is 12.0. The molecule has 0 saturated heterocycles. The third-order valence-corrected chi connectivity index (χ3v) is 4.58. The van der Waals surface area contributed by atoms with Crippen molar-refractivity contribution < 1.29 is 4.79 Å². The average Bonchev–Trinajstić information content (AvgIpc) is 3.11. The summed E-state index contributed by atoms with van der Waals surface area (Å²) in [5.41, 5.74) is 1.54. The third-order valence-electron chi connectivity index (χ3n) is 3.51. The molecule has 2 aromatic heterocycles. The maximum absolute atomic E-state index is 10.7. The monoisotopic (exact) mass is 289 g/mol. The first-order chi connectivity index (χ1) is 9.78. The van der Waals surface area contributed by atoms with E-state index in [0.29, 0.717) is 11.6 Å². The maximum Gasteiger partial charge on any atom is 0.215 e. The molecular formula is C13H15N5OS. The molecular weight excluding hydrogens is 274 g/mol. The Bertz CT molecular complexity index is 621. The SMILES string of the molecule is Cc1cc(C=O)cnc1Sc1nnnn1C1CCCC1. The molecule has 20 heavy (non-hydrogen) atoms. The number of nitrogens with zero attached hydrogens (tertiary/aromatic N) is 5. The van der Waals surface area contributed by atoms with Crippen LogP contribution in [0.2, 0.25) is 0 Å². The largest absolute Gasteiger partial charge is 0.298 e. The van der Waals surface area contributed by atoms with Crippen molar-refractivity contribution in [3.8, 4) is 0 Å². The fourth-order valence-electron chi connectivity index (χ4n) is 2.47. The van der Waals surface area contributed by atoms with Gasteiger partial charge in [0.2, 0.25) is 5.16 Å². The van der Waals surface area contributed by atoms with Gasteiger partial charge in [-0.2, -0.15) is 0 Å². The number of aromatic nitrogens is 5. The minimum absolute atomic E-state index is 0.405. The van der Waals surface area contributed by atoms with Crippen molar-refractivity contribution in [1.82, 2.24) is 25.2 Å². The highest BCUT2D eigenvalue weighted by Gasteiger charge is 2.22. The van der Waals surface area contributed by atoms with Crippen molar-refractivity contribution in [1.29, 1.82) is 0 Å². The van der Waals surface area contributed by atoms with E-state index >= 15 is 0 Å². The van der Waals surface area contributed by atoms with Gasteiger partial charge in [-0.1, -0.05) is 12.8 Å². The highest BCUT2D eigenvalue weighted by Crippen LogP contribution is 2.34. The average molecular weight is 289 g/mol. The predicted octanol–water partition coefficient (Wildman–Crippen LogP) is 2.46. The highest BCUT2D eigenvalue weighted by molar-refractivity contribution is 7.99. The minimum Gasteiger partial charge on any atom is -0.298 e. The fraction of sp³-hybridized carbons (Fsp3) is 0.462. The van der Waals surface area contributed by atoms with Gasteiger partial charge < -0.3 is 0 Å². The van der Waals surface area contributed by atoms with Crippen LogP contribution in [0.25, 0.3) is 0 Å². The Morgan fingerprint density at radius 2 is 2.20 bits per heavy atom. The molecule has 1 aliphatic carbocycles. The van der Waals surface area contributed by atoms with Crippen molar-refractivity contribution >= 4 is 18.0 Å². The molecule has 7 heteroatoms. The number of rotatable bonds is 4. The highest BCUT2D eigenvalue weighted by atomic mass is 32.2. The second-order valence-electron chi connectivity index (χ2n) is 4.95. The first-order valence-electron chi connectivity index (χ1n) is 6.65. The van der Waals surface area contributed by atoms with Gasteiger partial charge >= 0.3 is 0 Å². The Morgan fingerprint density at radius 3 is 2.90 bits per heavy atom. The van der Waals surface area contributed by atoms with Crippen molar-refractivity contribution in [2.24, 2.45) is 0 Å². The van der Waals surface area contributed by atoms with Crippen LogP contribution in [0, 0.1) is 6.92 Å². The van der Waals surface area contributed by atoms with Crippen molar-refractivity contribution in [3.05, 3.63) is 23.4 Å². The first-order valence-corrected chi connectivity index (χ1v) is 7.47. The van der Waals surface area contributed by atoms with E-state index in [0.717, 1.165) is 34.9 Å². The number of carbonyl (C=O) groups is 1. The summed E-state index contributed by atoms with van der Waals surface area (Å²) < 4.78 is 1.91. The summed E-state index contributed by atoms with van der Waals surface area (Å²) in [7, 11) is 0. The van der Waals surface area contributed by atoms with Gasteiger partial charge in [-0.3, -0.25) is 4.79 Å².